The van der Waals surface area contributed by atoms with Crippen LogP contribution in [0.25, 0.3) is 0 Å². The number of hydrogen-bond donors (Lipinski definition) is 0. The third-order valence-electron chi connectivity index (χ3n) is 11.9. The Balaban J connectivity index is 1.27. The predicted molar refractivity (Wildman–Crippen MR) is 117 cm³/mol. The molecule has 0 unspecified atom stereocenters. The van der Waals surface area contributed by atoms with Gasteiger partial charge in [-0.3, -0.25) is 4.90 Å². The fourth-order valence-electron chi connectivity index (χ4n) is 10.6. The molecular formula is C27H45N. The lowest BCUT2D eigenvalue weighted by molar-refractivity contribution is -0.0728. The first kappa shape index (κ1) is 18.7. The summed E-state index contributed by atoms with van der Waals surface area (Å²) in [5.74, 6) is 9.49. The molecule has 1 nitrogen and oxygen atoms in total. The molecule has 0 aromatic rings. The van der Waals surface area contributed by atoms with Crippen molar-refractivity contribution in [3.63, 3.8) is 0 Å². The van der Waals surface area contributed by atoms with E-state index in [0.717, 1.165) is 64.7 Å². The summed E-state index contributed by atoms with van der Waals surface area (Å²) in [5, 5.41) is 0. The fraction of sp³-hybridized carbons (Fsp3) is 1.00. The number of fused-ring (bicyclic) bond motifs is 8. The highest BCUT2D eigenvalue weighted by molar-refractivity contribution is 5.09. The molecule has 6 fully saturated rings. The molecule has 11 atom stereocenters. The highest BCUT2D eigenvalue weighted by Gasteiger charge is 2.60. The second-order valence-electron chi connectivity index (χ2n) is 12.8. The molecule has 2 saturated heterocycles. The third-order valence-corrected chi connectivity index (χ3v) is 11.9. The van der Waals surface area contributed by atoms with Crippen LogP contribution >= 0.6 is 0 Å². The first-order valence-electron chi connectivity index (χ1n) is 13.3. The van der Waals surface area contributed by atoms with Crippen molar-refractivity contribution in [2.75, 3.05) is 13.1 Å². The first-order chi connectivity index (χ1) is 13.6. The molecule has 28 heavy (non-hydrogen) atoms. The minimum atomic E-state index is 0.719. The van der Waals surface area contributed by atoms with Crippen molar-refractivity contribution in [3.05, 3.63) is 0 Å². The summed E-state index contributed by atoms with van der Waals surface area (Å²) in [4.78, 5) is 3.00. The maximum Gasteiger partial charge on any atom is 0.0124 e. The van der Waals surface area contributed by atoms with Crippen LogP contribution in [0.1, 0.15) is 91.4 Å². The Hall–Kier alpha value is -0.0400. The molecule has 0 radical (unpaired) electrons. The lowest BCUT2D eigenvalue weighted by Gasteiger charge is -2.56. The van der Waals surface area contributed by atoms with Crippen molar-refractivity contribution in [3.8, 4) is 0 Å². The fourth-order valence-corrected chi connectivity index (χ4v) is 10.6. The van der Waals surface area contributed by atoms with Gasteiger partial charge in [0, 0.05) is 19.1 Å². The van der Waals surface area contributed by atoms with E-state index in [1.54, 1.807) is 44.9 Å². The molecule has 2 heterocycles. The van der Waals surface area contributed by atoms with Crippen molar-refractivity contribution < 1.29 is 0 Å². The van der Waals surface area contributed by atoms with Gasteiger partial charge >= 0.3 is 0 Å². The van der Waals surface area contributed by atoms with Gasteiger partial charge < -0.3 is 0 Å². The summed E-state index contributed by atoms with van der Waals surface area (Å²) in [6, 6.07) is 0.929. The van der Waals surface area contributed by atoms with Gasteiger partial charge in [-0.05, 0) is 116 Å². The largest absolute Gasteiger partial charge is 0.300 e. The normalized spacial score (nSPS) is 58.8. The van der Waals surface area contributed by atoms with E-state index in [-0.39, 0.29) is 0 Å². The summed E-state index contributed by atoms with van der Waals surface area (Å²) in [5.41, 5.74) is 0.719. The Morgan fingerprint density at radius 2 is 1.54 bits per heavy atom. The van der Waals surface area contributed by atoms with Crippen molar-refractivity contribution in [2.45, 2.75) is 97.4 Å². The molecular weight excluding hydrogens is 338 g/mol. The second kappa shape index (κ2) is 6.73. The molecule has 1 heteroatoms. The number of rotatable bonds is 0. The van der Waals surface area contributed by atoms with Gasteiger partial charge in [0.1, 0.15) is 0 Å². The molecule has 2 aliphatic heterocycles. The zero-order valence-electron chi connectivity index (χ0n) is 18.9. The minimum Gasteiger partial charge on any atom is -0.300 e. The Bertz CT molecular complexity index is 597. The Morgan fingerprint density at radius 1 is 0.714 bits per heavy atom. The number of piperidine rings is 2. The van der Waals surface area contributed by atoms with E-state index in [9.17, 15) is 0 Å². The zero-order valence-corrected chi connectivity index (χ0v) is 18.9. The molecule has 0 aromatic heterocycles. The van der Waals surface area contributed by atoms with Crippen LogP contribution in [0.15, 0.2) is 0 Å². The molecule has 4 saturated carbocycles. The molecule has 0 bridgehead atoms. The van der Waals surface area contributed by atoms with Crippen molar-refractivity contribution >= 4 is 0 Å². The topological polar surface area (TPSA) is 3.24 Å². The standard InChI is InChI=1S/C27H45N/c1-17-7-12-26-18(2)20-10-11-21-22-9-8-19-6-4-5-13-27(19,3)25(22)14-23(21)24(20)16-28(26)15-17/h17-26H,4-16H2,1-3H3/t17-,18+,19-,20+,21-,22-,23+,24+,25-,26-,27-/m0/s1. The molecule has 6 aliphatic rings. The average Bonchev–Trinajstić information content (AvgIpc) is 3.08. The maximum absolute atomic E-state index is 3.00. The summed E-state index contributed by atoms with van der Waals surface area (Å²) in [7, 11) is 0. The lowest BCUT2D eigenvalue weighted by atomic mass is 9.52. The van der Waals surface area contributed by atoms with E-state index in [4.69, 9.17) is 0 Å². The molecule has 0 spiro atoms. The van der Waals surface area contributed by atoms with Crippen LogP contribution < -0.4 is 0 Å². The Kier molecular flexibility index (Phi) is 4.50. The van der Waals surface area contributed by atoms with Crippen molar-refractivity contribution in [2.24, 2.45) is 58.7 Å². The van der Waals surface area contributed by atoms with Crippen LogP contribution in [0.3, 0.4) is 0 Å². The van der Waals surface area contributed by atoms with E-state index < -0.39 is 0 Å². The smallest absolute Gasteiger partial charge is 0.0124 e. The molecule has 0 amide bonds. The van der Waals surface area contributed by atoms with E-state index >= 15 is 0 Å². The average molecular weight is 384 g/mol. The van der Waals surface area contributed by atoms with Crippen LogP contribution in [0.5, 0.6) is 0 Å². The van der Waals surface area contributed by atoms with Gasteiger partial charge in [-0.25, -0.2) is 0 Å². The quantitative estimate of drug-likeness (QED) is 0.454. The SMILES string of the molecule is C[C@H]1CC[C@H]2[C@H](C)[C@H]3CC[C@@H]4[C@@H](C[C@H]5[C@H]4CC[C@@H]4CCCC[C@@]45C)[C@@H]3CN2C1. The van der Waals surface area contributed by atoms with Crippen molar-refractivity contribution in [1.82, 2.24) is 4.90 Å². The van der Waals surface area contributed by atoms with Crippen LogP contribution in [-0.2, 0) is 0 Å². The van der Waals surface area contributed by atoms with E-state index in [1.165, 1.54) is 38.8 Å². The van der Waals surface area contributed by atoms with Gasteiger partial charge in [-0.2, -0.15) is 0 Å². The van der Waals surface area contributed by atoms with Crippen LogP contribution in [0.4, 0.5) is 0 Å². The summed E-state index contributed by atoms with van der Waals surface area (Å²) >= 11 is 0. The minimum absolute atomic E-state index is 0.719. The zero-order chi connectivity index (χ0) is 19.0. The molecule has 0 aromatic carbocycles. The maximum atomic E-state index is 3.00. The van der Waals surface area contributed by atoms with Crippen molar-refractivity contribution in [1.29, 1.82) is 0 Å². The molecule has 158 valence electrons. The van der Waals surface area contributed by atoms with Gasteiger partial charge in [0.25, 0.3) is 0 Å². The first-order valence-corrected chi connectivity index (χ1v) is 13.3. The second-order valence-corrected chi connectivity index (χ2v) is 12.8. The Morgan fingerprint density at radius 3 is 2.43 bits per heavy atom. The van der Waals surface area contributed by atoms with E-state index in [2.05, 4.69) is 25.7 Å². The molecule has 6 rings (SSSR count). The van der Waals surface area contributed by atoms with E-state index in [0.29, 0.717) is 0 Å². The van der Waals surface area contributed by atoms with Crippen LogP contribution in [0.2, 0.25) is 0 Å². The highest BCUT2D eigenvalue weighted by atomic mass is 15.2. The summed E-state index contributed by atoms with van der Waals surface area (Å²) in [6.07, 6.45) is 17.1. The summed E-state index contributed by atoms with van der Waals surface area (Å²) in [6.45, 7) is 10.8. The van der Waals surface area contributed by atoms with Gasteiger partial charge in [-0.15, -0.1) is 0 Å². The predicted octanol–water partition coefficient (Wildman–Crippen LogP) is 6.62. The number of hydrogen-bond acceptors (Lipinski definition) is 1. The van der Waals surface area contributed by atoms with Gasteiger partial charge in [0.15, 0.2) is 0 Å². The lowest BCUT2D eigenvalue weighted by Crippen LogP contribution is -2.58. The van der Waals surface area contributed by atoms with Gasteiger partial charge in [0.2, 0.25) is 0 Å². The van der Waals surface area contributed by atoms with Crippen LogP contribution in [0, 0.1) is 58.7 Å². The third kappa shape index (κ3) is 2.59. The van der Waals surface area contributed by atoms with Crippen LogP contribution in [-0.4, -0.2) is 24.0 Å². The van der Waals surface area contributed by atoms with E-state index in [1.807, 2.05) is 0 Å². The van der Waals surface area contributed by atoms with Gasteiger partial charge in [0.05, 0.1) is 0 Å². The molecule has 4 aliphatic carbocycles. The number of nitrogens with zero attached hydrogens (tertiary/aromatic N) is 1. The monoisotopic (exact) mass is 383 g/mol. The summed E-state index contributed by atoms with van der Waals surface area (Å²) < 4.78 is 0. The Labute approximate surface area is 174 Å². The molecule has 0 N–H and O–H groups in total. The highest BCUT2D eigenvalue weighted by Crippen LogP contribution is 2.67. The van der Waals surface area contributed by atoms with Gasteiger partial charge in [-0.1, -0.05) is 33.6 Å².